The molecule has 0 aliphatic heterocycles. The van der Waals surface area contributed by atoms with Crippen molar-refractivity contribution in [2.75, 3.05) is 19.0 Å². The summed E-state index contributed by atoms with van der Waals surface area (Å²) in [5, 5.41) is 12.6. The first-order valence-corrected chi connectivity index (χ1v) is 5.14. The van der Waals surface area contributed by atoms with Gasteiger partial charge in [-0.15, -0.1) is 0 Å². The van der Waals surface area contributed by atoms with Crippen LogP contribution in [0.25, 0.3) is 11.5 Å². The fraction of sp³-hybridized carbons (Fsp3) is 0.250. The molecule has 0 saturated carbocycles. The van der Waals surface area contributed by atoms with Gasteiger partial charge in [0.1, 0.15) is 0 Å². The predicted octanol–water partition coefficient (Wildman–Crippen LogP) is 1.98. The summed E-state index contributed by atoms with van der Waals surface area (Å²) in [7, 11) is 3.69. The molecule has 2 aromatic rings. The van der Waals surface area contributed by atoms with E-state index in [1.165, 1.54) is 0 Å². The monoisotopic (exact) mass is 228 g/mol. The molecular weight excluding hydrogens is 216 g/mol. The minimum absolute atomic E-state index is 0.468. The Labute approximate surface area is 99.3 Å². The quantitative estimate of drug-likeness (QED) is 0.786. The number of aromatic nitrogens is 2. The van der Waals surface area contributed by atoms with Gasteiger partial charge in [0.15, 0.2) is 0 Å². The number of nitriles is 1. The molecule has 0 N–H and O–H groups in total. The number of nitrogens with zero attached hydrogens (tertiary/aromatic N) is 4. The summed E-state index contributed by atoms with van der Waals surface area (Å²) in [5.41, 5.74) is 2.42. The molecule has 1 heterocycles. The lowest BCUT2D eigenvalue weighted by molar-refractivity contribution is 0.430. The minimum Gasteiger partial charge on any atom is -0.344 e. The highest BCUT2D eigenvalue weighted by Gasteiger charge is 2.12. The van der Waals surface area contributed by atoms with Crippen LogP contribution in [-0.2, 0) is 0 Å². The summed E-state index contributed by atoms with van der Waals surface area (Å²) in [6.45, 7) is 1.91. The lowest BCUT2D eigenvalue weighted by atomic mass is 10.1. The summed E-state index contributed by atoms with van der Waals surface area (Å²) in [6, 6.07) is 7.45. The molecule has 2 rings (SSSR count). The molecule has 86 valence electrons. The molecule has 0 atom stereocenters. The number of rotatable bonds is 2. The third kappa shape index (κ3) is 2.11. The fourth-order valence-corrected chi connectivity index (χ4v) is 1.48. The van der Waals surface area contributed by atoms with Crippen molar-refractivity contribution < 1.29 is 4.52 Å². The van der Waals surface area contributed by atoms with Gasteiger partial charge >= 0.3 is 0 Å². The number of aryl methyl sites for hydroxylation is 1. The van der Waals surface area contributed by atoms with Crippen molar-refractivity contribution in [2.24, 2.45) is 0 Å². The SMILES string of the molecule is Cc1cc(C#N)ccc1-c1nc(N(C)C)no1. The van der Waals surface area contributed by atoms with Crippen LogP contribution in [0.3, 0.4) is 0 Å². The zero-order valence-corrected chi connectivity index (χ0v) is 9.93. The Morgan fingerprint density at radius 3 is 2.65 bits per heavy atom. The van der Waals surface area contributed by atoms with E-state index in [0.29, 0.717) is 17.4 Å². The van der Waals surface area contributed by atoms with Gasteiger partial charge in [-0.3, -0.25) is 0 Å². The maximum absolute atomic E-state index is 8.79. The standard InChI is InChI=1S/C12H12N4O/c1-8-6-9(7-13)4-5-10(8)11-14-12(15-17-11)16(2)3/h4-6H,1-3H3. The van der Waals surface area contributed by atoms with Crippen LogP contribution in [-0.4, -0.2) is 24.2 Å². The van der Waals surface area contributed by atoms with E-state index in [4.69, 9.17) is 9.78 Å². The van der Waals surface area contributed by atoms with Crippen LogP contribution in [0.2, 0.25) is 0 Å². The second-order valence-corrected chi connectivity index (χ2v) is 3.94. The Balaban J connectivity index is 2.43. The summed E-state index contributed by atoms with van der Waals surface area (Å²) >= 11 is 0. The molecule has 0 aliphatic carbocycles. The minimum atomic E-state index is 0.468. The molecule has 5 heteroatoms. The molecule has 0 spiro atoms. The highest BCUT2D eigenvalue weighted by molar-refractivity contribution is 5.61. The Morgan fingerprint density at radius 1 is 1.35 bits per heavy atom. The smallest absolute Gasteiger partial charge is 0.265 e. The van der Waals surface area contributed by atoms with Gasteiger partial charge in [0.2, 0.25) is 0 Å². The van der Waals surface area contributed by atoms with E-state index in [9.17, 15) is 0 Å². The average Bonchev–Trinajstić information content (AvgIpc) is 2.78. The van der Waals surface area contributed by atoms with Crippen molar-refractivity contribution in [1.82, 2.24) is 10.1 Å². The van der Waals surface area contributed by atoms with Crippen molar-refractivity contribution >= 4 is 5.95 Å². The average molecular weight is 228 g/mol. The first-order valence-electron chi connectivity index (χ1n) is 5.14. The van der Waals surface area contributed by atoms with Crippen LogP contribution in [0.1, 0.15) is 11.1 Å². The van der Waals surface area contributed by atoms with Gasteiger partial charge in [-0.2, -0.15) is 10.2 Å². The number of hydrogen-bond donors (Lipinski definition) is 0. The molecular formula is C12H12N4O. The third-order valence-electron chi connectivity index (χ3n) is 2.40. The fourth-order valence-electron chi connectivity index (χ4n) is 1.48. The first kappa shape index (κ1) is 11.1. The molecule has 5 nitrogen and oxygen atoms in total. The van der Waals surface area contributed by atoms with Crippen LogP contribution < -0.4 is 4.90 Å². The summed E-state index contributed by atoms with van der Waals surface area (Å²) in [4.78, 5) is 6.03. The van der Waals surface area contributed by atoms with Crippen LogP contribution in [0.5, 0.6) is 0 Å². The van der Waals surface area contributed by atoms with E-state index in [1.54, 1.807) is 17.0 Å². The predicted molar refractivity (Wildman–Crippen MR) is 63.5 cm³/mol. The van der Waals surface area contributed by atoms with Gasteiger partial charge in [-0.05, 0) is 35.8 Å². The summed E-state index contributed by atoms with van der Waals surface area (Å²) < 4.78 is 5.18. The van der Waals surface area contributed by atoms with E-state index >= 15 is 0 Å². The molecule has 0 amide bonds. The molecule has 0 radical (unpaired) electrons. The Morgan fingerprint density at radius 2 is 2.12 bits per heavy atom. The molecule has 0 fully saturated rings. The molecule has 17 heavy (non-hydrogen) atoms. The lowest BCUT2D eigenvalue weighted by Crippen LogP contribution is -2.10. The Bertz CT molecular complexity index is 580. The van der Waals surface area contributed by atoms with Crippen molar-refractivity contribution in [3.8, 4) is 17.5 Å². The largest absolute Gasteiger partial charge is 0.344 e. The van der Waals surface area contributed by atoms with Crippen LogP contribution >= 0.6 is 0 Å². The lowest BCUT2D eigenvalue weighted by Gasteiger charge is -2.03. The molecule has 0 unspecified atom stereocenters. The molecule has 0 aliphatic rings. The van der Waals surface area contributed by atoms with Gasteiger partial charge in [0, 0.05) is 19.7 Å². The van der Waals surface area contributed by atoms with E-state index in [-0.39, 0.29) is 0 Å². The zero-order chi connectivity index (χ0) is 12.4. The van der Waals surface area contributed by atoms with Gasteiger partial charge in [0.05, 0.1) is 11.6 Å². The van der Waals surface area contributed by atoms with Crippen LogP contribution in [0.15, 0.2) is 22.7 Å². The van der Waals surface area contributed by atoms with Crippen molar-refractivity contribution in [3.63, 3.8) is 0 Å². The Kier molecular flexibility index (Phi) is 2.79. The van der Waals surface area contributed by atoms with Gasteiger partial charge in [-0.25, -0.2) is 0 Å². The van der Waals surface area contributed by atoms with E-state index < -0.39 is 0 Å². The van der Waals surface area contributed by atoms with Crippen LogP contribution in [0.4, 0.5) is 5.95 Å². The van der Waals surface area contributed by atoms with E-state index in [0.717, 1.165) is 11.1 Å². The van der Waals surface area contributed by atoms with Gasteiger partial charge < -0.3 is 9.42 Å². The van der Waals surface area contributed by atoms with Gasteiger partial charge in [-0.1, -0.05) is 0 Å². The van der Waals surface area contributed by atoms with Crippen molar-refractivity contribution in [1.29, 1.82) is 5.26 Å². The molecule has 1 aromatic heterocycles. The van der Waals surface area contributed by atoms with E-state index in [1.807, 2.05) is 27.1 Å². The first-order chi connectivity index (χ1) is 8.11. The zero-order valence-electron chi connectivity index (χ0n) is 9.93. The number of hydrogen-bond acceptors (Lipinski definition) is 5. The van der Waals surface area contributed by atoms with Crippen molar-refractivity contribution in [2.45, 2.75) is 6.92 Å². The molecule has 0 bridgehead atoms. The van der Waals surface area contributed by atoms with Crippen molar-refractivity contribution in [3.05, 3.63) is 29.3 Å². The Hall–Kier alpha value is -2.35. The molecule has 0 saturated heterocycles. The second-order valence-electron chi connectivity index (χ2n) is 3.94. The van der Waals surface area contributed by atoms with Gasteiger partial charge in [0.25, 0.3) is 11.8 Å². The maximum Gasteiger partial charge on any atom is 0.265 e. The summed E-state index contributed by atoms with van der Waals surface area (Å²) in [6.07, 6.45) is 0. The maximum atomic E-state index is 8.79. The topological polar surface area (TPSA) is 66.0 Å². The van der Waals surface area contributed by atoms with E-state index in [2.05, 4.69) is 16.2 Å². The number of anilines is 1. The highest BCUT2D eigenvalue weighted by atomic mass is 16.5. The molecule has 1 aromatic carbocycles. The highest BCUT2D eigenvalue weighted by Crippen LogP contribution is 2.23. The summed E-state index contributed by atoms with van der Waals surface area (Å²) in [5.74, 6) is 0.999. The normalized spacial score (nSPS) is 10.0. The second kappa shape index (κ2) is 4.26. The third-order valence-corrected chi connectivity index (χ3v) is 2.40. The van der Waals surface area contributed by atoms with Crippen LogP contribution in [0, 0.1) is 18.3 Å². The number of benzene rings is 1.